The highest BCUT2D eigenvalue weighted by molar-refractivity contribution is 7.98. The van der Waals surface area contributed by atoms with Gasteiger partial charge < -0.3 is 0 Å². The van der Waals surface area contributed by atoms with Crippen LogP contribution < -0.4 is 0 Å². The molecule has 29 heavy (non-hydrogen) atoms. The molecule has 1 aromatic carbocycles. The lowest BCUT2D eigenvalue weighted by Gasteiger charge is -2.11. The van der Waals surface area contributed by atoms with E-state index >= 15 is 0 Å². The van der Waals surface area contributed by atoms with Crippen molar-refractivity contribution in [2.75, 3.05) is 0 Å². The van der Waals surface area contributed by atoms with E-state index in [-0.39, 0.29) is 0 Å². The molecule has 0 aliphatic rings. The lowest BCUT2D eigenvalue weighted by atomic mass is 10.2. The first-order valence-corrected chi connectivity index (χ1v) is 11.5. The molecule has 0 aliphatic heterocycles. The molecular formula is C20H17Cl2N5S2. The molecule has 148 valence electrons. The van der Waals surface area contributed by atoms with Crippen LogP contribution in [-0.4, -0.2) is 24.7 Å². The van der Waals surface area contributed by atoms with Gasteiger partial charge in [0.25, 0.3) is 0 Å². The van der Waals surface area contributed by atoms with Gasteiger partial charge in [-0.2, -0.15) is 0 Å². The Morgan fingerprint density at radius 2 is 1.86 bits per heavy atom. The summed E-state index contributed by atoms with van der Waals surface area (Å²) < 4.78 is 1.98. The Kier molecular flexibility index (Phi) is 6.20. The van der Waals surface area contributed by atoms with E-state index in [0.29, 0.717) is 21.7 Å². The summed E-state index contributed by atoms with van der Waals surface area (Å²) in [6.07, 6.45) is 3.47. The third kappa shape index (κ3) is 4.48. The predicted molar refractivity (Wildman–Crippen MR) is 120 cm³/mol. The number of thiazole rings is 1. The highest BCUT2D eigenvalue weighted by Gasteiger charge is 2.18. The molecule has 0 saturated carbocycles. The number of benzene rings is 1. The second-order valence-electron chi connectivity index (χ2n) is 6.60. The lowest BCUT2D eigenvalue weighted by Crippen LogP contribution is -2.00. The van der Waals surface area contributed by atoms with Gasteiger partial charge in [0.05, 0.1) is 26.4 Å². The fraction of sp³-hybridized carbons (Fsp3) is 0.200. The van der Waals surface area contributed by atoms with Gasteiger partial charge in [-0.05, 0) is 30.3 Å². The molecule has 3 aromatic heterocycles. The van der Waals surface area contributed by atoms with Gasteiger partial charge in [-0.25, -0.2) is 4.98 Å². The molecule has 0 N–H and O–H groups in total. The average Bonchev–Trinajstić information content (AvgIpc) is 3.36. The first-order valence-electron chi connectivity index (χ1n) is 8.91. The quantitative estimate of drug-likeness (QED) is 0.306. The molecule has 0 saturated heterocycles. The molecule has 3 heterocycles. The number of nitrogens with zero attached hydrogens (tertiary/aromatic N) is 5. The van der Waals surface area contributed by atoms with Gasteiger partial charge in [-0.1, -0.05) is 48.8 Å². The summed E-state index contributed by atoms with van der Waals surface area (Å²) in [4.78, 5) is 8.80. The number of hydrogen-bond donors (Lipinski definition) is 0. The molecule has 0 spiro atoms. The summed E-state index contributed by atoms with van der Waals surface area (Å²) >= 11 is 15.7. The molecule has 9 heteroatoms. The van der Waals surface area contributed by atoms with E-state index in [1.54, 1.807) is 41.6 Å². The molecule has 0 aliphatic carbocycles. The zero-order valence-corrected chi connectivity index (χ0v) is 18.9. The Morgan fingerprint density at radius 3 is 2.55 bits per heavy atom. The Balaban J connectivity index is 1.71. The number of pyridine rings is 1. The van der Waals surface area contributed by atoms with E-state index < -0.39 is 0 Å². The Bertz CT molecular complexity index is 1130. The third-order valence-electron chi connectivity index (χ3n) is 4.15. The van der Waals surface area contributed by atoms with Crippen LogP contribution in [0.1, 0.15) is 30.5 Å². The zero-order valence-electron chi connectivity index (χ0n) is 15.7. The molecule has 0 fully saturated rings. The maximum atomic E-state index is 6.28. The smallest absolute Gasteiger partial charge is 0.196 e. The van der Waals surface area contributed by atoms with Crippen LogP contribution in [0.5, 0.6) is 0 Å². The average molecular weight is 462 g/mol. The summed E-state index contributed by atoms with van der Waals surface area (Å²) in [5.41, 5.74) is 2.80. The maximum absolute atomic E-state index is 6.28. The van der Waals surface area contributed by atoms with E-state index in [1.165, 1.54) is 0 Å². The summed E-state index contributed by atoms with van der Waals surface area (Å²) in [5, 5.41) is 13.9. The van der Waals surface area contributed by atoms with Gasteiger partial charge in [0.2, 0.25) is 0 Å². The second-order valence-corrected chi connectivity index (χ2v) is 9.24. The summed E-state index contributed by atoms with van der Waals surface area (Å²) in [6, 6.07) is 9.32. The molecule has 0 atom stereocenters. The molecule has 4 rings (SSSR count). The fourth-order valence-electron chi connectivity index (χ4n) is 2.70. The van der Waals surface area contributed by atoms with Gasteiger partial charge in [-0.3, -0.25) is 9.55 Å². The number of thioether (sulfide) groups is 1. The van der Waals surface area contributed by atoms with Gasteiger partial charge in [-0.15, -0.1) is 21.5 Å². The van der Waals surface area contributed by atoms with Crippen LogP contribution in [0.15, 0.2) is 53.3 Å². The van der Waals surface area contributed by atoms with Crippen molar-refractivity contribution in [2.45, 2.75) is 30.7 Å². The number of hydrogen-bond acceptors (Lipinski definition) is 6. The van der Waals surface area contributed by atoms with E-state index in [4.69, 9.17) is 28.2 Å². The van der Waals surface area contributed by atoms with Crippen LogP contribution in [0.25, 0.3) is 17.1 Å². The Morgan fingerprint density at radius 1 is 1.07 bits per heavy atom. The number of aromatic nitrogens is 5. The Labute approximate surface area is 187 Å². The maximum Gasteiger partial charge on any atom is 0.196 e. The minimum atomic E-state index is 0.428. The molecule has 0 radical (unpaired) electrons. The van der Waals surface area contributed by atoms with Gasteiger partial charge in [0, 0.05) is 35.0 Å². The minimum absolute atomic E-state index is 0.428. The third-order valence-corrected chi connectivity index (χ3v) is 7.04. The van der Waals surface area contributed by atoms with Gasteiger partial charge in [0.15, 0.2) is 11.0 Å². The van der Waals surface area contributed by atoms with Crippen molar-refractivity contribution in [1.82, 2.24) is 24.7 Å². The molecule has 0 bridgehead atoms. The first kappa shape index (κ1) is 20.3. The van der Waals surface area contributed by atoms with Crippen LogP contribution in [0.3, 0.4) is 0 Å². The first-order chi connectivity index (χ1) is 14.0. The van der Waals surface area contributed by atoms with Crippen LogP contribution >= 0.6 is 46.3 Å². The molecule has 5 nitrogen and oxygen atoms in total. The predicted octanol–water partition coefficient (Wildman–Crippen LogP) is 6.51. The van der Waals surface area contributed by atoms with Crippen molar-refractivity contribution in [3.63, 3.8) is 0 Å². The van der Waals surface area contributed by atoms with Crippen molar-refractivity contribution < 1.29 is 0 Å². The van der Waals surface area contributed by atoms with Crippen molar-refractivity contribution in [2.24, 2.45) is 0 Å². The molecule has 4 aromatic rings. The highest BCUT2D eigenvalue weighted by atomic mass is 35.5. The van der Waals surface area contributed by atoms with E-state index in [0.717, 1.165) is 32.9 Å². The monoisotopic (exact) mass is 461 g/mol. The Hall–Kier alpha value is -1.93. The SMILES string of the molecule is CC(C)c1nc(CSc2nnc(-c3ccncc3)n2-c2ccc(Cl)c(Cl)c2)cs1. The molecular weight excluding hydrogens is 445 g/mol. The highest BCUT2D eigenvalue weighted by Crippen LogP contribution is 2.32. The minimum Gasteiger partial charge on any atom is -0.270 e. The molecule has 0 unspecified atom stereocenters. The van der Waals surface area contributed by atoms with E-state index in [2.05, 4.69) is 34.4 Å². The second kappa shape index (κ2) is 8.83. The largest absolute Gasteiger partial charge is 0.270 e. The van der Waals surface area contributed by atoms with Crippen molar-refractivity contribution in [3.05, 3.63) is 68.9 Å². The van der Waals surface area contributed by atoms with Crippen LogP contribution in [-0.2, 0) is 5.75 Å². The summed E-state index contributed by atoms with van der Waals surface area (Å²) in [5.74, 6) is 1.85. The van der Waals surface area contributed by atoms with Crippen LogP contribution in [0, 0.1) is 0 Å². The van der Waals surface area contributed by atoms with E-state index in [9.17, 15) is 0 Å². The number of rotatable bonds is 6. The topological polar surface area (TPSA) is 56.5 Å². The molecule has 0 amide bonds. The number of halogens is 2. The normalized spacial score (nSPS) is 11.3. The summed E-state index contributed by atoms with van der Waals surface area (Å²) in [7, 11) is 0. The van der Waals surface area contributed by atoms with Gasteiger partial charge in [0.1, 0.15) is 0 Å². The summed E-state index contributed by atoms with van der Waals surface area (Å²) in [6.45, 7) is 4.30. The van der Waals surface area contributed by atoms with Crippen molar-refractivity contribution >= 4 is 46.3 Å². The van der Waals surface area contributed by atoms with E-state index in [1.807, 2.05) is 28.8 Å². The zero-order chi connectivity index (χ0) is 20.4. The van der Waals surface area contributed by atoms with Crippen molar-refractivity contribution in [1.29, 1.82) is 0 Å². The lowest BCUT2D eigenvalue weighted by molar-refractivity contribution is 0.845. The van der Waals surface area contributed by atoms with Crippen LogP contribution in [0.4, 0.5) is 0 Å². The van der Waals surface area contributed by atoms with Crippen molar-refractivity contribution in [3.8, 4) is 17.1 Å². The van der Waals surface area contributed by atoms with Crippen LogP contribution in [0.2, 0.25) is 10.0 Å². The fourth-order valence-corrected chi connectivity index (χ4v) is 4.78. The van der Waals surface area contributed by atoms with Gasteiger partial charge >= 0.3 is 0 Å². The standard InChI is InChI=1S/C20H17Cl2N5S2/c1-12(2)19-24-14(10-28-19)11-29-20-26-25-18(13-5-7-23-8-6-13)27(20)15-3-4-16(21)17(22)9-15/h3-10,12H,11H2,1-2H3.